The molecule has 5 nitrogen and oxygen atoms in total. The molecule has 0 atom stereocenters. The number of amides is 1. The molecule has 0 aliphatic carbocycles. The van der Waals surface area contributed by atoms with Crippen molar-refractivity contribution in [2.24, 2.45) is 0 Å². The zero-order valence-electron chi connectivity index (χ0n) is 8.29. The van der Waals surface area contributed by atoms with Crippen molar-refractivity contribution in [2.75, 3.05) is 6.54 Å². The number of benzene rings is 1. The second kappa shape index (κ2) is 6.55. The van der Waals surface area contributed by atoms with E-state index in [-0.39, 0.29) is 11.7 Å². The molecule has 0 aliphatic heterocycles. The molecule has 0 aromatic heterocycles. The quantitative estimate of drug-likeness (QED) is 0.361. The fourth-order valence-corrected chi connectivity index (χ4v) is 1.61. The average molecular weight is 235 g/mol. The van der Waals surface area contributed by atoms with Crippen LogP contribution in [-0.4, -0.2) is 28.6 Å². The summed E-state index contributed by atoms with van der Waals surface area (Å²) in [6.45, 7) is -0.107. The maximum Gasteiger partial charge on any atom is 0.344 e. The second-order valence-corrected chi connectivity index (χ2v) is 3.88. The van der Waals surface area contributed by atoms with E-state index < -0.39 is 5.91 Å². The van der Waals surface area contributed by atoms with E-state index in [0.717, 1.165) is 16.7 Å². The summed E-state index contributed by atoms with van der Waals surface area (Å²) in [6, 6.07) is 9.12. The number of nitrogens with one attached hydrogen (secondary N) is 1. The van der Waals surface area contributed by atoms with Crippen LogP contribution in [0.4, 0.5) is 0 Å². The number of carbonyl (C=O) groups excluding carboxylic acids is 2. The Kier molecular flexibility index (Phi) is 4.98. The van der Waals surface area contributed by atoms with Gasteiger partial charge < -0.3 is 10.8 Å². The van der Waals surface area contributed by atoms with Gasteiger partial charge in [-0.05, 0) is 12.1 Å². The minimum atomic E-state index is -0.607. The third-order valence-corrected chi connectivity index (χ3v) is 2.44. The molecule has 1 aromatic rings. The van der Waals surface area contributed by atoms with E-state index in [9.17, 15) is 9.59 Å². The lowest BCUT2D eigenvalue weighted by Crippen LogP contribution is -2.29. The van der Waals surface area contributed by atoms with E-state index in [1.54, 1.807) is 12.1 Å². The van der Waals surface area contributed by atoms with Crippen LogP contribution in [-0.2, 0) is 9.59 Å². The topological polar surface area (TPSA) is 82.6 Å². The van der Waals surface area contributed by atoms with Crippen LogP contribution < -0.4 is 5.32 Å². The normalized spacial score (nSPS) is 9.00. The molecular formula is C10H9N3O2S. The summed E-state index contributed by atoms with van der Waals surface area (Å²) in [5, 5.41) is 2.10. The predicted molar refractivity (Wildman–Crippen MR) is 60.0 cm³/mol. The largest absolute Gasteiger partial charge is 0.361 e. The van der Waals surface area contributed by atoms with Gasteiger partial charge in [-0.2, -0.15) is 4.79 Å². The highest BCUT2D eigenvalue weighted by molar-refractivity contribution is 8.13. The van der Waals surface area contributed by atoms with E-state index in [0.29, 0.717) is 6.21 Å². The van der Waals surface area contributed by atoms with Crippen molar-refractivity contribution in [3.63, 3.8) is 0 Å². The Labute approximate surface area is 96.5 Å². The van der Waals surface area contributed by atoms with E-state index in [1.165, 1.54) is 0 Å². The summed E-state index contributed by atoms with van der Waals surface area (Å²) in [5.41, 5.74) is 8.06. The first kappa shape index (κ1) is 12.2. The molecule has 0 heterocycles. The van der Waals surface area contributed by atoms with Crippen LogP contribution in [0.3, 0.4) is 0 Å². The minimum absolute atomic E-state index is 0.107. The summed E-state index contributed by atoms with van der Waals surface area (Å²) in [7, 11) is 0. The van der Waals surface area contributed by atoms with Crippen molar-refractivity contribution in [3.05, 3.63) is 35.9 Å². The molecule has 0 saturated carbocycles. The number of thioether (sulfide) groups is 1. The molecule has 6 heteroatoms. The number of nitrogens with zero attached hydrogens (tertiary/aromatic N) is 2. The average Bonchev–Trinajstić information content (AvgIpc) is 2.28. The molecule has 0 bridgehead atoms. The highest BCUT2D eigenvalue weighted by atomic mass is 32.2. The lowest BCUT2D eigenvalue weighted by atomic mass is 10.4. The summed E-state index contributed by atoms with van der Waals surface area (Å²) < 4.78 is 0. The van der Waals surface area contributed by atoms with Gasteiger partial charge in [0.2, 0.25) is 5.12 Å². The molecule has 0 unspecified atom stereocenters. The van der Waals surface area contributed by atoms with Gasteiger partial charge in [0, 0.05) is 4.90 Å². The van der Waals surface area contributed by atoms with E-state index in [2.05, 4.69) is 10.1 Å². The van der Waals surface area contributed by atoms with E-state index in [1.807, 2.05) is 18.2 Å². The first-order valence-electron chi connectivity index (χ1n) is 4.43. The van der Waals surface area contributed by atoms with Gasteiger partial charge in [0.1, 0.15) is 0 Å². The maximum atomic E-state index is 11.4. The van der Waals surface area contributed by atoms with Crippen LogP contribution in [0.2, 0.25) is 0 Å². The summed E-state index contributed by atoms with van der Waals surface area (Å²) in [5.74, 6) is -0.607. The molecule has 1 rings (SSSR count). The first-order chi connectivity index (χ1) is 7.72. The monoisotopic (exact) mass is 235 g/mol. The summed E-state index contributed by atoms with van der Waals surface area (Å²) >= 11 is 1.04. The summed E-state index contributed by atoms with van der Waals surface area (Å²) in [6.07, 6.45) is 0.695. The van der Waals surface area contributed by atoms with Crippen LogP contribution in [0.1, 0.15) is 0 Å². The van der Waals surface area contributed by atoms with Crippen molar-refractivity contribution in [1.82, 2.24) is 5.32 Å². The molecule has 82 valence electrons. The fourth-order valence-electron chi connectivity index (χ4n) is 0.913. The van der Waals surface area contributed by atoms with Crippen molar-refractivity contribution >= 4 is 29.0 Å². The molecule has 0 aliphatic rings. The van der Waals surface area contributed by atoms with E-state index >= 15 is 0 Å². The van der Waals surface area contributed by atoms with Gasteiger partial charge in [-0.25, -0.2) is 0 Å². The molecule has 1 amide bonds. The number of rotatable bonds is 4. The van der Waals surface area contributed by atoms with Gasteiger partial charge in [0.05, 0.1) is 6.54 Å². The van der Waals surface area contributed by atoms with Gasteiger partial charge in [-0.15, -0.1) is 0 Å². The third-order valence-electron chi connectivity index (χ3n) is 1.56. The Bertz CT molecular complexity index is 427. The van der Waals surface area contributed by atoms with Crippen LogP contribution in [0.5, 0.6) is 0 Å². The number of hydrogen-bond acceptors (Lipinski definition) is 3. The summed E-state index contributed by atoms with van der Waals surface area (Å²) in [4.78, 5) is 25.5. The van der Waals surface area contributed by atoms with Crippen LogP contribution >= 0.6 is 11.8 Å². The zero-order chi connectivity index (χ0) is 11.8. The Morgan fingerprint density at radius 3 is 2.69 bits per heavy atom. The minimum Gasteiger partial charge on any atom is -0.361 e. The Hall–Kier alpha value is -1.91. The molecular weight excluding hydrogens is 226 g/mol. The number of carbonyl (C=O) groups is 2. The first-order valence-corrected chi connectivity index (χ1v) is 5.25. The predicted octanol–water partition coefficient (Wildman–Crippen LogP) is 0.722. The maximum absolute atomic E-state index is 11.4. The van der Waals surface area contributed by atoms with Gasteiger partial charge in [-0.1, -0.05) is 30.0 Å². The van der Waals surface area contributed by atoms with Crippen molar-refractivity contribution < 1.29 is 14.4 Å². The molecule has 1 N–H and O–H groups in total. The lowest BCUT2D eigenvalue weighted by molar-refractivity contribution is -0.120. The Morgan fingerprint density at radius 1 is 1.38 bits per heavy atom. The third kappa shape index (κ3) is 4.54. The number of hydrogen-bond donors (Lipinski definition) is 1. The lowest BCUT2D eigenvalue weighted by Gasteiger charge is -1.99. The zero-order valence-corrected chi connectivity index (χ0v) is 9.11. The fraction of sp³-hybridized carbons (Fsp3) is 0.100. The van der Waals surface area contributed by atoms with Crippen molar-refractivity contribution in [1.29, 1.82) is 0 Å². The standard InChI is InChI=1S/C10H9N3O2S/c11-13-6-9(14)12-7-10(15)16-8-4-2-1-3-5-8/h1-6H,7H2,(H,12,14). The van der Waals surface area contributed by atoms with Crippen molar-refractivity contribution in [2.45, 2.75) is 4.90 Å². The van der Waals surface area contributed by atoms with Crippen LogP contribution in [0.15, 0.2) is 35.2 Å². The van der Waals surface area contributed by atoms with E-state index in [4.69, 9.17) is 5.53 Å². The van der Waals surface area contributed by atoms with Crippen molar-refractivity contribution in [3.8, 4) is 0 Å². The van der Waals surface area contributed by atoms with Gasteiger partial charge in [0.15, 0.2) is 0 Å². The highest BCUT2D eigenvalue weighted by Gasteiger charge is 2.07. The molecule has 0 radical (unpaired) electrons. The highest BCUT2D eigenvalue weighted by Crippen LogP contribution is 2.16. The Balaban J connectivity index is 2.37. The van der Waals surface area contributed by atoms with Crippen LogP contribution in [0.25, 0.3) is 5.53 Å². The van der Waals surface area contributed by atoms with Crippen LogP contribution in [0, 0.1) is 0 Å². The Morgan fingerprint density at radius 2 is 2.06 bits per heavy atom. The van der Waals surface area contributed by atoms with Gasteiger partial charge in [0.25, 0.3) is 0 Å². The smallest absolute Gasteiger partial charge is 0.344 e. The van der Waals surface area contributed by atoms with Gasteiger partial charge >= 0.3 is 12.1 Å². The molecule has 1 aromatic carbocycles. The SMILES string of the molecule is [N-]=[N+]=CC(=O)NCC(=O)Sc1ccccc1. The molecule has 16 heavy (non-hydrogen) atoms. The molecule has 0 spiro atoms. The second-order valence-electron chi connectivity index (χ2n) is 2.75. The van der Waals surface area contributed by atoms with Gasteiger partial charge in [-0.3, -0.25) is 9.59 Å². The molecule has 0 fully saturated rings. The molecule has 0 saturated heterocycles.